The summed E-state index contributed by atoms with van der Waals surface area (Å²) < 4.78 is 45.2. The van der Waals surface area contributed by atoms with Crippen LogP contribution in [-0.2, 0) is 38.2 Å². The topological polar surface area (TPSA) is 147 Å². The number of nitrogens with two attached hydrogens (primary N) is 1. The van der Waals surface area contributed by atoms with Gasteiger partial charge in [-0.2, -0.15) is 0 Å². The smallest absolute Gasteiger partial charge is 0.320 e. The maximum absolute atomic E-state index is 11.7. The van der Waals surface area contributed by atoms with E-state index in [1.165, 1.54) is 0 Å². The highest BCUT2D eigenvalue weighted by molar-refractivity contribution is 7.89. The van der Waals surface area contributed by atoms with Gasteiger partial charge in [-0.25, -0.2) is 17.3 Å². The normalized spacial score (nSPS) is 14.5. The third-order valence-electron chi connectivity index (χ3n) is 2.82. The SMILES string of the molecule is N[C@@H](CCS(=O)(=O)NCc1ccc(CS(=O)O)cc1)C(=O)O. The molecule has 0 fully saturated rings. The molecule has 0 bridgehead atoms. The van der Waals surface area contributed by atoms with Crippen molar-refractivity contribution in [1.82, 2.24) is 4.72 Å². The van der Waals surface area contributed by atoms with Crippen molar-refractivity contribution in [2.24, 2.45) is 5.73 Å². The van der Waals surface area contributed by atoms with Gasteiger partial charge in [0.2, 0.25) is 10.0 Å². The Bertz CT molecular complexity index is 630. The molecule has 0 aromatic heterocycles. The second kappa shape index (κ2) is 8.34. The molecule has 0 radical (unpaired) electrons. The number of aliphatic carboxylic acids is 1. The highest BCUT2D eigenvalue weighted by atomic mass is 32.2. The summed E-state index contributed by atoms with van der Waals surface area (Å²) in [4.78, 5) is 10.5. The molecule has 1 unspecified atom stereocenters. The van der Waals surface area contributed by atoms with Crippen LogP contribution in [0.15, 0.2) is 24.3 Å². The Hall–Kier alpha value is -1.33. The minimum atomic E-state index is -3.62. The van der Waals surface area contributed by atoms with E-state index in [4.69, 9.17) is 15.4 Å². The number of carbonyl (C=O) groups is 1. The predicted molar refractivity (Wildman–Crippen MR) is 81.8 cm³/mol. The van der Waals surface area contributed by atoms with Crippen LogP contribution >= 0.6 is 0 Å². The number of hydrogen-bond acceptors (Lipinski definition) is 5. The summed E-state index contributed by atoms with van der Waals surface area (Å²) in [6.07, 6.45) is -0.175. The van der Waals surface area contributed by atoms with Gasteiger partial charge in [0.1, 0.15) is 6.04 Å². The summed E-state index contributed by atoms with van der Waals surface area (Å²) in [6, 6.07) is 5.35. The van der Waals surface area contributed by atoms with Crippen molar-refractivity contribution < 1.29 is 27.1 Å². The fourth-order valence-corrected chi connectivity index (χ4v) is 3.14. The third kappa shape index (κ3) is 7.09. The van der Waals surface area contributed by atoms with Crippen LogP contribution in [0.2, 0.25) is 0 Å². The summed E-state index contributed by atoms with van der Waals surface area (Å²) in [5.41, 5.74) is 6.60. The molecule has 0 heterocycles. The highest BCUT2D eigenvalue weighted by Crippen LogP contribution is 2.07. The van der Waals surface area contributed by atoms with Crippen molar-refractivity contribution in [3.8, 4) is 0 Å². The zero-order valence-corrected chi connectivity index (χ0v) is 13.3. The van der Waals surface area contributed by atoms with E-state index in [1.807, 2.05) is 0 Å². The van der Waals surface area contributed by atoms with Gasteiger partial charge in [-0.05, 0) is 17.5 Å². The van der Waals surface area contributed by atoms with E-state index in [-0.39, 0.29) is 24.5 Å². The van der Waals surface area contributed by atoms with E-state index in [9.17, 15) is 17.4 Å². The number of carboxylic acid groups (broad SMARTS) is 1. The molecule has 2 atom stereocenters. The average Bonchev–Trinajstić information content (AvgIpc) is 2.43. The fourth-order valence-electron chi connectivity index (χ4n) is 1.57. The van der Waals surface area contributed by atoms with Crippen LogP contribution in [0.5, 0.6) is 0 Å². The molecule has 0 aliphatic heterocycles. The van der Waals surface area contributed by atoms with Gasteiger partial charge in [-0.15, -0.1) is 0 Å². The first kappa shape index (κ1) is 18.7. The Morgan fingerprint density at radius 3 is 2.32 bits per heavy atom. The summed E-state index contributed by atoms with van der Waals surface area (Å²) in [6.45, 7) is 0.0487. The molecule has 5 N–H and O–H groups in total. The zero-order valence-electron chi connectivity index (χ0n) is 11.6. The van der Waals surface area contributed by atoms with E-state index in [1.54, 1.807) is 24.3 Å². The molecule has 10 heteroatoms. The van der Waals surface area contributed by atoms with Crippen molar-refractivity contribution in [2.45, 2.75) is 24.8 Å². The van der Waals surface area contributed by atoms with Crippen molar-refractivity contribution in [3.05, 3.63) is 35.4 Å². The van der Waals surface area contributed by atoms with Crippen LogP contribution in [0.3, 0.4) is 0 Å². The summed E-state index contributed by atoms with van der Waals surface area (Å²) >= 11 is -1.92. The van der Waals surface area contributed by atoms with Crippen molar-refractivity contribution in [1.29, 1.82) is 0 Å². The van der Waals surface area contributed by atoms with Crippen LogP contribution in [0.25, 0.3) is 0 Å². The van der Waals surface area contributed by atoms with Crippen LogP contribution in [-0.4, -0.2) is 40.0 Å². The van der Waals surface area contributed by atoms with Crippen molar-refractivity contribution >= 4 is 27.1 Å². The largest absolute Gasteiger partial charge is 0.480 e. The van der Waals surface area contributed by atoms with E-state index in [0.29, 0.717) is 11.1 Å². The summed E-state index contributed by atoms with van der Waals surface area (Å²) in [5.74, 6) is -1.60. The van der Waals surface area contributed by atoms with Gasteiger partial charge < -0.3 is 15.4 Å². The average molecular weight is 350 g/mol. The van der Waals surface area contributed by atoms with Gasteiger partial charge in [-0.1, -0.05) is 24.3 Å². The van der Waals surface area contributed by atoms with Gasteiger partial charge in [0.25, 0.3) is 0 Å². The summed E-state index contributed by atoms with van der Waals surface area (Å²) in [5, 5.41) is 8.60. The van der Waals surface area contributed by atoms with Gasteiger partial charge in [-0.3, -0.25) is 4.79 Å². The second-order valence-electron chi connectivity index (χ2n) is 4.66. The molecule has 0 saturated heterocycles. The number of sulfonamides is 1. The first-order valence-electron chi connectivity index (χ1n) is 6.30. The standard InChI is InChI=1S/C12H18N2O6S2/c13-11(12(15)16)5-6-22(19,20)14-7-9-1-3-10(4-2-9)8-21(17)18/h1-4,11,14H,5-8,13H2,(H,15,16)(H,17,18)/t11-/m0/s1. The lowest BCUT2D eigenvalue weighted by atomic mass is 10.1. The first-order valence-corrected chi connectivity index (χ1v) is 9.23. The van der Waals surface area contributed by atoms with Crippen molar-refractivity contribution in [3.63, 3.8) is 0 Å². The molecule has 0 aliphatic rings. The maximum atomic E-state index is 11.7. The molecular weight excluding hydrogens is 332 g/mol. The third-order valence-corrected chi connectivity index (χ3v) is 4.76. The van der Waals surface area contributed by atoms with Gasteiger partial charge in [0, 0.05) is 6.54 Å². The molecule has 0 saturated carbocycles. The molecule has 0 amide bonds. The zero-order chi connectivity index (χ0) is 16.8. The molecule has 0 spiro atoms. The Morgan fingerprint density at radius 1 is 1.27 bits per heavy atom. The molecule has 0 aliphatic carbocycles. The molecule has 8 nitrogen and oxygen atoms in total. The van der Waals surface area contributed by atoms with Gasteiger partial charge in [0.15, 0.2) is 11.1 Å². The number of rotatable bonds is 9. The van der Waals surface area contributed by atoms with E-state index >= 15 is 0 Å². The minimum Gasteiger partial charge on any atom is -0.480 e. The highest BCUT2D eigenvalue weighted by Gasteiger charge is 2.17. The lowest BCUT2D eigenvalue weighted by Gasteiger charge is -2.09. The van der Waals surface area contributed by atoms with Crippen LogP contribution in [0.1, 0.15) is 17.5 Å². The number of carboxylic acids is 1. The van der Waals surface area contributed by atoms with E-state index < -0.39 is 33.1 Å². The van der Waals surface area contributed by atoms with Crippen LogP contribution in [0.4, 0.5) is 0 Å². The Morgan fingerprint density at radius 2 is 1.82 bits per heavy atom. The quantitative estimate of drug-likeness (QED) is 0.444. The molecular formula is C12H18N2O6S2. The lowest BCUT2D eigenvalue weighted by Crippen LogP contribution is -2.35. The lowest BCUT2D eigenvalue weighted by molar-refractivity contribution is -0.138. The fraction of sp³-hybridized carbons (Fsp3) is 0.417. The molecule has 1 aromatic carbocycles. The van der Waals surface area contributed by atoms with Crippen LogP contribution in [0, 0.1) is 0 Å². The maximum Gasteiger partial charge on any atom is 0.320 e. The van der Waals surface area contributed by atoms with E-state index in [0.717, 1.165) is 0 Å². The molecule has 124 valence electrons. The van der Waals surface area contributed by atoms with Crippen molar-refractivity contribution in [2.75, 3.05) is 5.75 Å². The Labute approximate surface area is 131 Å². The summed E-state index contributed by atoms with van der Waals surface area (Å²) in [7, 11) is -3.62. The Kier molecular flexibility index (Phi) is 7.10. The molecule has 1 rings (SSSR count). The van der Waals surface area contributed by atoms with Gasteiger partial charge >= 0.3 is 5.97 Å². The molecule has 1 aromatic rings. The number of hydrogen-bond donors (Lipinski definition) is 4. The first-order chi connectivity index (χ1) is 10.2. The Balaban J connectivity index is 2.50. The monoisotopic (exact) mass is 350 g/mol. The molecule has 22 heavy (non-hydrogen) atoms. The van der Waals surface area contributed by atoms with Crippen LogP contribution < -0.4 is 10.5 Å². The number of benzene rings is 1. The minimum absolute atomic E-state index is 0.0130. The predicted octanol–water partition coefficient (Wildman–Crippen LogP) is -0.370. The second-order valence-corrected chi connectivity index (χ2v) is 7.51. The van der Waals surface area contributed by atoms with E-state index in [2.05, 4.69) is 4.72 Å². The number of nitrogens with one attached hydrogen (secondary N) is 1. The van der Waals surface area contributed by atoms with Gasteiger partial charge in [0.05, 0.1) is 11.5 Å².